The summed E-state index contributed by atoms with van der Waals surface area (Å²) in [6.07, 6.45) is 1.20. The van der Waals surface area contributed by atoms with E-state index in [4.69, 9.17) is 0 Å². The topological polar surface area (TPSA) is 6.48 Å². The van der Waals surface area contributed by atoms with Crippen molar-refractivity contribution in [3.8, 4) is 0 Å². The van der Waals surface area contributed by atoms with E-state index < -0.39 is 0 Å². The normalized spacial score (nSPS) is 12.1. The maximum atomic E-state index is 4.05. The summed E-state index contributed by atoms with van der Waals surface area (Å²) in [5.74, 6) is 1.72. The van der Waals surface area contributed by atoms with Gasteiger partial charge in [0.1, 0.15) is 5.82 Å². The molecule has 0 spiro atoms. The lowest BCUT2D eigenvalue weighted by atomic mass is 10.1. The summed E-state index contributed by atoms with van der Waals surface area (Å²) in [4.78, 5) is 4.20. The second-order valence-corrected chi connectivity index (χ2v) is 4.10. The van der Waals surface area contributed by atoms with Gasteiger partial charge < -0.3 is 9.80 Å². The van der Waals surface area contributed by atoms with E-state index in [0.29, 0.717) is 5.92 Å². The molecule has 0 amide bonds. The van der Waals surface area contributed by atoms with Gasteiger partial charge in [-0.1, -0.05) is 33.4 Å². The summed E-state index contributed by atoms with van der Waals surface area (Å²) in [5, 5.41) is 0. The minimum atomic E-state index is 0.704. The average Bonchev–Trinajstić information content (AvgIpc) is 2.14. The summed E-state index contributed by atoms with van der Waals surface area (Å²) in [5.41, 5.74) is 1.02. The van der Waals surface area contributed by atoms with Crippen molar-refractivity contribution >= 4 is 0 Å². The molecule has 2 heteroatoms. The predicted octanol–water partition coefficient (Wildman–Crippen LogP) is 2.90. The van der Waals surface area contributed by atoms with E-state index in [0.717, 1.165) is 18.1 Å². The molecule has 0 aromatic carbocycles. The average molecular weight is 196 g/mol. The lowest BCUT2D eigenvalue weighted by Crippen LogP contribution is -2.31. The van der Waals surface area contributed by atoms with Gasteiger partial charge in [0.2, 0.25) is 0 Å². The zero-order valence-electron chi connectivity index (χ0n) is 10.3. The van der Waals surface area contributed by atoms with Gasteiger partial charge in [-0.05, 0) is 12.8 Å². The van der Waals surface area contributed by atoms with Crippen molar-refractivity contribution in [1.29, 1.82) is 0 Å². The molecule has 14 heavy (non-hydrogen) atoms. The van der Waals surface area contributed by atoms with Crippen molar-refractivity contribution < 1.29 is 0 Å². The Labute approximate surface area is 88.9 Å². The fourth-order valence-corrected chi connectivity index (χ4v) is 1.18. The summed E-state index contributed by atoms with van der Waals surface area (Å²) >= 11 is 0. The van der Waals surface area contributed by atoms with E-state index in [-0.39, 0.29) is 0 Å². The van der Waals surface area contributed by atoms with E-state index in [1.54, 1.807) is 0 Å². The lowest BCUT2D eigenvalue weighted by Gasteiger charge is -2.31. The van der Waals surface area contributed by atoms with Crippen molar-refractivity contribution in [3.05, 3.63) is 24.7 Å². The van der Waals surface area contributed by atoms with Crippen LogP contribution < -0.4 is 0 Å². The molecular weight excluding hydrogens is 172 g/mol. The number of hydrogen-bond acceptors (Lipinski definition) is 2. The number of allylic oxidation sites excluding steroid dienone is 1. The van der Waals surface area contributed by atoms with Crippen LogP contribution in [0, 0.1) is 5.92 Å². The molecule has 0 saturated heterocycles. The zero-order valence-corrected chi connectivity index (χ0v) is 10.3. The largest absolute Gasteiger partial charge is 0.361 e. The molecule has 0 aromatic heterocycles. The standard InChI is InChI=1S/C12H24N2/c1-8-11(4)9-13(6)12(5)14(7)10(2)3/h11H,2,5,8-9H2,1,3-4,6-7H3. The summed E-state index contributed by atoms with van der Waals surface area (Å²) in [6, 6.07) is 0. The van der Waals surface area contributed by atoms with Crippen molar-refractivity contribution in [2.45, 2.75) is 27.2 Å². The van der Waals surface area contributed by atoms with Crippen LogP contribution in [-0.4, -0.2) is 30.4 Å². The minimum Gasteiger partial charge on any atom is -0.361 e. The molecule has 2 nitrogen and oxygen atoms in total. The molecule has 0 fully saturated rings. The Balaban J connectivity index is 4.18. The van der Waals surface area contributed by atoms with Crippen LogP contribution >= 0.6 is 0 Å². The molecule has 82 valence electrons. The SMILES string of the molecule is C=C(C)N(C)C(=C)N(C)CC(C)CC. The zero-order chi connectivity index (χ0) is 11.3. The second-order valence-electron chi connectivity index (χ2n) is 4.10. The smallest absolute Gasteiger partial charge is 0.100 e. The van der Waals surface area contributed by atoms with Crippen molar-refractivity contribution in [2.75, 3.05) is 20.6 Å². The van der Waals surface area contributed by atoms with Crippen LogP contribution in [0.4, 0.5) is 0 Å². The molecule has 0 aliphatic carbocycles. The Hall–Kier alpha value is -0.920. The molecule has 0 radical (unpaired) electrons. The van der Waals surface area contributed by atoms with Gasteiger partial charge in [-0.2, -0.15) is 0 Å². The fourth-order valence-electron chi connectivity index (χ4n) is 1.18. The van der Waals surface area contributed by atoms with E-state index in [9.17, 15) is 0 Å². The van der Waals surface area contributed by atoms with Crippen LogP contribution in [-0.2, 0) is 0 Å². The van der Waals surface area contributed by atoms with E-state index in [1.807, 2.05) is 18.9 Å². The number of hydrogen-bond donors (Lipinski definition) is 0. The van der Waals surface area contributed by atoms with E-state index in [1.165, 1.54) is 6.42 Å². The molecule has 0 rings (SSSR count). The van der Waals surface area contributed by atoms with Crippen LogP contribution in [0.3, 0.4) is 0 Å². The first-order valence-electron chi connectivity index (χ1n) is 5.19. The molecular formula is C12H24N2. The molecule has 0 bridgehead atoms. The summed E-state index contributed by atoms with van der Waals surface area (Å²) < 4.78 is 0. The molecule has 0 saturated carbocycles. The van der Waals surface area contributed by atoms with Crippen molar-refractivity contribution in [2.24, 2.45) is 5.92 Å². The molecule has 0 aromatic rings. The Morgan fingerprint density at radius 1 is 1.29 bits per heavy atom. The van der Waals surface area contributed by atoms with Crippen LogP contribution in [0.25, 0.3) is 0 Å². The first-order chi connectivity index (χ1) is 6.40. The molecule has 1 unspecified atom stereocenters. The Kier molecular flexibility index (Phi) is 5.36. The second kappa shape index (κ2) is 5.74. The Morgan fingerprint density at radius 2 is 1.79 bits per heavy atom. The monoisotopic (exact) mass is 196 g/mol. The van der Waals surface area contributed by atoms with Crippen LogP contribution in [0.15, 0.2) is 24.7 Å². The summed E-state index contributed by atoms with van der Waals surface area (Å²) in [6.45, 7) is 15.5. The van der Waals surface area contributed by atoms with Gasteiger partial charge in [0.05, 0.1) is 0 Å². The third-order valence-corrected chi connectivity index (χ3v) is 2.68. The van der Waals surface area contributed by atoms with Crippen LogP contribution in [0.2, 0.25) is 0 Å². The van der Waals surface area contributed by atoms with Crippen molar-refractivity contribution in [3.63, 3.8) is 0 Å². The van der Waals surface area contributed by atoms with Crippen LogP contribution in [0.1, 0.15) is 27.2 Å². The number of nitrogens with zero attached hydrogens (tertiary/aromatic N) is 2. The molecule has 0 heterocycles. The Bertz CT molecular complexity index is 208. The van der Waals surface area contributed by atoms with Gasteiger partial charge in [-0.3, -0.25) is 0 Å². The van der Waals surface area contributed by atoms with Crippen LogP contribution in [0.5, 0.6) is 0 Å². The highest BCUT2D eigenvalue weighted by atomic mass is 15.3. The highest BCUT2D eigenvalue weighted by Gasteiger charge is 2.10. The third kappa shape index (κ3) is 3.86. The number of rotatable bonds is 6. The molecule has 0 aliphatic rings. The highest BCUT2D eigenvalue weighted by molar-refractivity contribution is 5.02. The van der Waals surface area contributed by atoms with Crippen molar-refractivity contribution in [1.82, 2.24) is 9.80 Å². The lowest BCUT2D eigenvalue weighted by molar-refractivity contribution is 0.270. The highest BCUT2D eigenvalue weighted by Crippen LogP contribution is 2.12. The van der Waals surface area contributed by atoms with Gasteiger partial charge in [-0.15, -0.1) is 0 Å². The van der Waals surface area contributed by atoms with Gasteiger partial charge in [-0.25, -0.2) is 0 Å². The fraction of sp³-hybridized carbons (Fsp3) is 0.667. The third-order valence-electron chi connectivity index (χ3n) is 2.68. The first kappa shape index (κ1) is 13.1. The van der Waals surface area contributed by atoms with E-state index >= 15 is 0 Å². The Morgan fingerprint density at radius 3 is 2.14 bits per heavy atom. The quantitative estimate of drug-likeness (QED) is 0.644. The minimum absolute atomic E-state index is 0.704. The molecule has 0 aliphatic heterocycles. The van der Waals surface area contributed by atoms with Gasteiger partial charge in [0.25, 0.3) is 0 Å². The van der Waals surface area contributed by atoms with Gasteiger partial charge in [0.15, 0.2) is 0 Å². The maximum absolute atomic E-state index is 4.05. The van der Waals surface area contributed by atoms with Gasteiger partial charge in [0, 0.05) is 26.3 Å². The molecule has 1 atom stereocenters. The molecule has 0 N–H and O–H groups in total. The maximum Gasteiger partial charge on any atom is 0.100 e. The van der Waals surface area contributed by atoms with E-state index in [2.05, 4.69) is 39.0 Å². The summed E-state index contributed by atoms with van der Waals surface area (Å²) in [7, 11) is 4.08. The predicted molar refractivity (Wildman–Crippen MR) is 63.8 cm³/mol. The first-order valence-corrected chi connectivity index (χ1v) is 5.19. The van der Waals surface area contributed by atoms with Gasteiger partial charge >= 0.3 is 0 Å².